The van der Waals surface area contributed by atoms with E-state index in [9.17, 15) is 29.1 Å². The average molecular weight is 596 g/mol. The molecule has 0 fully saturated rings. The monoisotopic (exact) mass is 595 g/mol. The highest BCUT2D eigenvalue weighted by atomic mass is 16.4. The number of hydrogen-bond donors (Lipinski definition) is 11. The summed E-state index contributed by atoms with van der Waals surface area (Å²) in [6.45, 7) is 0.299. The van der Waals surface area contributed by atoms with Crippen LogP contribution in [-0.2, 0) is 30.4 Å². The molecule has 4 amide bonds. The van der Waals surface area contributed by atoms with Crippen LogP contribution >= 0.6 is 0 Å². The number of aliphatic carboxylic acids is 1. The zero-order chi connectivity index (χ0) is 31.7. The van der Waals surface area contributed by atoms with Crippen LogP contribution in [0, 0.1) is 0 Å². The van der Waals surface area contributed by atoms with Crippen LogP contribution in [0.4, 0.5) is 0 Å². The maximum Gasteiger partial charge on any atom is 0.326 e. The van der Waals surface area contributed by atoms with E-state index in [0.717, 1.165) is 0 Å². The number of amides is 4. The van der Waals surface area contributed by atoms with E-state index >= 15 is 0 Å². The number of guanidine groups is 2. The number of carboxylic acid groups (broad SMARTS) is 1. The Kier molecular flexibility index (Phi) is 15.4. The minimum atomic E-state index is -1.30. The van der Waals surface area contributed by atoms with Crippen molar-refractivity contribution in [1.82, 2.24) is 25.9 Å². The van der Waals surface area contributed by atoms with Gasteiger partial charge >= 0.3 is 5.97 Å². The van der Waals surface area contributed by atoms with E-state index in [1.807, 2.05) is 0 Å². The van der Waals surface area contributed by atoms with Crippen LogP contribution < -0.4 is 50.4 Å². The van der Waals surface area contributed by atoms with Crippen molar-refractivity contribution >= 4 is 41.5 Å². The van der Waals surface area contributed by atoms with E-state index < -0.39 is 53.8 Å². The van der Waals surface area contributed by atoms with Gasteiger partial charge < -0.3 is 60.4 Å². The van der Waals surface area contributed by atoms with Crippen LogP contribution in [0.15, 0.2) is 22.5 Å². The Bertz CT molecular complexity index is 1100. The number of nitrogens with zero attached hydrogens (tertiary/aromatic N) is 3. The third-order valence-corrected chi connectivity index (χ3v) is 5.79. The Morgan fingerprint density at radius 1 is 0.810 bits per heavy atom. The number of aromatic nitrogens is 2. The molecule has 1 heterocycles. The highest BCUT2D eigenvalue weighted by Crippen LogP contribution is 2.06. The van der Waals surface area contributed by atoms with E-state index in [2.05, 4.69) is 35.9 Å². The van der Waals surface area contributed by atoms with Crippen molar-refractivity contribution in [1.29, 1.82) is 0 Å². The molecule has 0 saturated heterocycles. The van der Waals surface area contributed by atoms with Crippen molar-refractivity contribution < 1.29 is 29.1 Å². The number of rotatable bonds is 20. The normalized spacial score (nSPS) is 13.5. The number of primary amides is 1. The molecule has 1 aromatic rings. The second-order valence-electron chi connectivity index (χ2n) is 9.31. The van der Waals surface area contributed by atoms with Gasteiger partial charge in [0.15, 0.2) is 11.9 Å². The number of carbonyl (C=O) groups excluding carboxylic acids is 4. The lowest BCUT2D eigenvalue weighted by Crippen LogP contribution is -2.57. The highest BCUT2D eigenvalue weighted by molar-refractivity contribution is 5.94. The topological polar surface area (TPSA) is 351 Å². The zero-order valence-electron chi connectivity index (χ0n) is 23.1. The summed E-state index contributed by atoms with van der Waals surface area (Å²) < 4.78 is 0. The summed E-state index contributed by atoms with van der Waals surface area (Å²) in [7, 11) is 0. The van der Waals surface area contributed by atoms with Gasteiger partial charge in [0.25, 0.3) is 0 Å². The molecule has 42 heavy (non-hydrogen) atoms. The summed E-state index contributed by atoms with van der Waals surface area (Å²) in [6, 6.07) is -4.88. The maximum absolute atomic E-state index is 13.3. The summed E-state index contributed by atoms with van der Waals surface area (Å²) in [6.07, 6.45) is 3.12. The van der Waals surface area contributed by atoms with Crippen LogP contribution in [0.2, 0.25) is 0 Å². The van der Waals surface area contributed by atoms with Gasteiger partial charge in [-0.25, -0.2) is 9.78 Å². The van der Waals surface area contributed by atoms with Gasteiger partial charge in [-0.05, 0) is 32.1 Å². The number of nitrogens with two attached hydrogens (primary N) is 6. The summed E-state index contributed by atoms with van der Waals surface area (Å²) in [5, 5.41) is 17.1. The first-order chi connectivity index (χ1) is 19.8. The highest BCUT2D eigenvalue weighted by Gasteiger charge is 2.30. The molecule has 0 bridgehead atoms. The Morgan fingerprint density at radius 3 is 1.83 bits per heavy atom. The second-order valence-corrected chi connectivity index (χ2v) is 9.31. The first-order valence-electron chi connectivity index (χ1n) is 13.1. The minimum Gasteiger partial charge on any atom is -0.480 e. The lowest BCUT2D eigenvalue weighted by molar-refractivity contribution is -0.142. The van der Waals surface area contributed by atoms with Crippen molar-refractivity contribution in [3.05, 3.63) is 18.2 Å². The Balaban J connectivity index is 3.08. The molecule has 234 valence electrons. The van der Waals surface area contributed by atoms with E-state index in [0.29, 0.717) is 5.69 Å². The van der Waals surface area contributed by atoms with Gasteiger partial charge in [0.2, 0.25) is 23.6 Å². The van der Waals surface area contributed by atoms with Crippen molar-refractivity contribution in [2.75, 3.05) is 13.1 Å². The van der Waals surface area contributed by atoms with Crippen LogP contribution in [0.5, 0.6) is 0 Å². The quantitative estimate of drug-likeness (QED) is 0.0384. The van der Waals surface area contributed by atoms with Gasteiger partial charge in [-0.2, -0.15) is 0 Å². The van der Waals surface area contributed by atoms with Gasteiger partial charge in [0.05, 0.1) is 12.4 Å². The lowest BCUT2D eigenvalue weighted by atomic mass is 10.1. The number of nitrogens with one attached hydrogen (secondary N) is 4. The molecule has 0 aliphatic rings. The van der Waals surface area contributed by atoms with E-state index in [1.54, 1.807) is 0 Å². The number of hydrogen-bond acceptors (Lipinski definition) is 9. The fourth-order valence-electron chi connectivity index (χ4n) is 3.61. The predicted octanol–water partition coefficient (Wildman–Crippen LogP) is -4.81. The first kappa shape index (κ1) is 35.1. The number of aromatic amines is 1. The first-order valence-corrected chi connectivity index (χ1v) is 13.1. The third kappa shape index (κ3) is 14.4. The number of carbonyl (C=O) groups is 5. The van der Waals surface area contributed by atoms with Crippen LogP contribution in [-0.4, -0.2) is 93.8 Å². The van der Waals surface area contributed by atoms with Gasteiger partial charge in [0.1, 0.15) is 18.1 Å². The molecular formula is C23H41N13O6. The molecule has 4 atom stereocenters. The summed E-state index contributed by atoms with van der Waals surface area (Å²) in [5.74, 6) is -4.52. The largest absolute Gasteiger partial charge is 0.480 e. The van der Waals surface area contributed by atoms with Crippen LogP contribution in [0.3, 0.4) is 0 Å². The summed E-state index contributed by atoms with van der Waals surface area (Å²) >= 11 is 0. The number of carboxylic acids is 1. The predicted molar refractivity (Wildman–Crippen MR) is 152 cm³/mol. The molecule has 0 saturated carbocycles. The number of imidazole rings is 1. The maximum atomic E-state index is 13.3. The fraction of sp³-hybridized carbons (Fsp3) is 0.565. The third-order valence-electron chi connectivity index (χ3n) is 5.79. The van der Waals surface area contributed by atoms with Gasteiger partial charge in [-0.15, -0.1) is 0 Å². The van der Waals surface area contributed by atoms with Crippen LogP contribution in [0.1, 0.15) is 44.2 Å². The van der Waals surface area contributed by atoms with Crippen molar-refractivity contribution in [2.45, 2.75) is 69.1 Å². The fourth-order valence-corrected chi connectivity index (χ4v) is 3.61. The summed E-state index contributed by atoms with van der Waals surface area (Å²) in [4.78, 5) is 76.4. The van der Waals surface area contributed by atoms with Crippen LogP contribution in [0.25, 0.3) is 0 Å². The van der Waals surface area contributed by atoms with E-state index in [-0.39, 0.29) is 70.0 Å². The second kappa shape index (κ2) is 18.4. The molecule has 0 aliphatic carbocycles. The molecule has 19 heteroatoms. The molecule has 19 nitrogen and oxygen atoms in total. The Hall–Kier alpha value is -4.94. The molecule has 0 aromatic carbocycles. The van der Waals surface area contributed by atoms with Gasteiger partial charge in [-0.1, -0.05) is 0 Å². The van der Waals surface area contributed by atoms with Gasteiger partial charge in [0, 0.05) is 37.8 Å². The van der Waals surface area contributed by atoms with E-state index in [4.69, 9.17) is 34.4 Å². The average Bonchev–Trinajstić information content (AvgIpc) is 3.42. The van der Waals surface area contributed by atoms with Gasteiger partial charge in [-0.3, -0.25) is 29.2 Å². The number of aliphatic imine (C=N–C) groups is 2. The summed E-state index contributed by atoms with van der Waals surface area (Å²) in [5.41, 5.74) is 32.6. The Morgan fingerprint density at radius 2 is 1.33 bits per heavy atom. The van der Waals surface area contributed by atoms with Crippen molar-refractivity contribution in [3.63, 3.8) is 0 Å². The smallest absolute Gasteiger partial charge is 0.326 e. The SMILES string of the molecule is NC(=O)CCC(N)C(=O)NC(CCCN=C(N)N)C(=O)NC(Cc1cnc[nH]1)C(=O)NC(CCCN=C(N)N)C(=O)O. The van der Waals surface area contributed by atoms with E-state index in [1.165, 1.54) is 12.5 Å². The number of H-pyrrole nitrogens is 1. The molecule has 1 rings (SSSR count). The molecule has 0 spiro atoms. The molecule has 0 radical (unpaired) electrons. The molecular weight excluding hydrogens is 554 g/mol. The lowest BCUT2D eigenvalue weighted by Gasteiger charge is -2.25. The standard InChI is InChI=1S/C23H41N13O6/c24-13(5-6-17(25)37)18(38)34-14(3-1-7-31-22(26)27)19(39)36-16(9-12-10-30-11-33-12)20(40)35-15(21(41)42)4-2-8-32-23(28)29/h10-11,13-16H,1-9,24H2,(H2,25,37)(H,30,33)(H,34,38)(H,35,40)(H,36,39)(H,41,42)(H4,26,27,31)(H4,28,29,32). The molecule has 4 unspecified atom stereocenters. The Labute approximate surface area is 241 Å². The zero-order valence-corrected chi connectivity index (χ0v) is 23.1. The minimum absolute atomic E-state index is 0.00917. The molecule has 17 N–H and O–H groups in total. The molecule has 1 aromatic heterocycles. The van der Waals surface area contributed by atoms with Crippen molar-refractivity contribution in [3.8, 4) is 0 Å². The van der Waals surface area contributed by atoms with Crippen molar-refractivity contribution in [2.24, 2.45) is 44.4 Å². The molecule has 0 aliphatic heterocycles.